The first kappa shape index (κ1) is 27.7. The molecular formula is C27H34F2N6O2. The number of allylic oxidation sites excluding steroid dienone is 1. The van der Waals surface area contributed by atoms with Crippen molar-refractivity contribution in [2.24, 2.45) is 5.73 Å². The lowest BCUT2D eigenvalue weighted by Gasteiger charge is -2.32. The van der Waals surface area contributed by atoms with Crippen LogP contribution in [-0.2, 0) is 0 Å². The van der Waals surface area contributed by atoms with Crippen LogP contribution in [0.1, 0.15) is 38.5 Å². The fraction of sp³-hybridized carbons (Fsp3) is 0.333. The first-order valence-electron chi connectivity index (χ1n) is 12.2. The molecule has 10 heteroatoms. The van der Waals surface area contributed by atoms with Crippen molar-refractivity contribution in [1.82, 2.24) is 5.32 Å². The highest BCUT2D eigenvalue weighted by atomic mass is 19.3. The summed E-state index contributed by atoms with van der Waals surface area (Å²) in [4.78, 5) is 14.4. The van der Waals surface area contributed by atoms with Crippen molar-refractivity contribution in [3.63, 3.8) is 0 Å². The summed E-state index contributed by atoms with van der Waals surface area (Å²) < 4.78 is 28.9. The number of carbonyl (C=O) groups is 1. The molecule has 0 unspecified atom stereocenters. The fourth-order valence-corrected chi connectivity index (χ4v) is 4.28. The van der Waals surface area contributed by atoms with E-state index in [0.29, 0.717) is 23.6 Å². The van der Waals surface area contributed by atoms with Gasteiger partial charge in [0, 0.05) is 29.3 Å². The minimum absolute atomic E-state index is 0.00512. The van der Waals surface area contributed by atoms with Crippen molar-refractivity contribution in [1.29, 1.82) is 5.41 Å². The third-order valence-electron chi connectivity index (χ3n) is 5.93. The number of benzene rings is 2. The normalized spacial score (nSPS) is 16.9. The summed E-state index contributed by atoms with van der Waals surface area (Å²) in [6.07, 6.45) is 5.92. The topological polar surface area (TPSA) is 116 Å². The molecule has 1 aliphatic heterocycles. The van der Waals surface area contributed by atoms with Gasteiger partial charge in [0.25, 0.3) is 0 Å². The number of rotatable bonds is 8. The van der Waals surface area contributed by atoms with Gasteiger partial charge in [-0.1, -0.05) is 19.4 Å². The Morgan fingerprint density at radius 1 is 1.03 bits per heavy atom. The summed E-state index contributed by atoms with van der Waals surface area (Å²) in [5.74, 6) is -0.0101. The largest absolute Gasteiger partial charge is 0.435 e. The number of alkyl halides is 2. The zero-order chi connectivity index (χ0) is 26.8. The fourth-order valence-electron chi connectivity index (χ4n) is 4.28. The average molecular weight is 513 g/mol. The molecule has 0 radical (unpaired) electrons. The van der Waals surface area contributed by atoms with Crippen molar-refractivity contribution in [2.45, 2.75) is 45.1 Å². The smallest absolute Gasteiger partial charge is 0.387 e. The molecule has 1 aliphatic rings. The Kier molecular flexibility index (Phi) is 10.0. The van der Waals surface area contributed by atoms with Gasteiger partial charge in [0.15, 0.2) is 0 Å². The lowest BCUT2D eigenvalue weighted by molar-refractivity contribution is -0.0498. The molecule has 198 valence electrons. The van der Waals surface area contributed by atoms with Gasteiger partial charge in [0.2, 0.25) is 0 Å². The molecule has 0 fully saturated rings. The molecule has 2 aromatic carbocycles. The molecule has 0 saturated carbocycles. The predicted molar refractivity (Wildman–Crippen MR) is 144 cm³/mol. The SMILES string of the molecule is C=C1CCCCCC/C(CNC)=C(/C(=N)N)N1c1ccc(NC(=O)Nc2ccc(OC(F)F)cc2)cc1. The Morgan fingerprint density at radius 2 is 1.59 bits per heavy atom. The van der Waals surface area contributed by atoms with Crippen molar-refractivity contribution >= 4 is 28.9 Å². The van der Waals surface area contributed by atoms with E-state index in [4.69, 9.17) is 11.1 Å². The van der Waals surface area contributed by atoms with E-state index in [2.05, 4.69) is 27.3 Å². The predicted octanol–water partition coefficient (Wildman–Crippen LogP) is 6.02. The Labute approximate surface area is 216 Å². The van der Waals surface area contributed by atoms with Crippen molar-refractivity contribution in [3.05, 3.63) is 72.1 Å². The van der Waals surface area contributed by atoms with Gasteiger partial charge in [-0.05, 0) is 86.8 Å². The number of anilines is 3. The number of amidine groups is 1. The number of nitrogens with two attached hydrogens (primary N) is 1. The Balaban J connectivity index is 1.78. The van der Waals surface area contributed by atoms with Crippen LogP contribution in [0.25, 0.3) is 0 Å². The van der Waals surface area contributed by atoms with E-state index in [1.54, 1.807) is 12.1 Å². The number of urea groups is 1. The third-order valence-corrected chi connectivity index (χ3v) is 5.93. The highest BCUT2D eigenvalue weighted by molar-refractivity contribution is 6.01. The van der Waals surface area contributed by atoms with Crippen LogP contribution in [0.4, 0.5) is 30.6 Å². The van der Waals surface area contributed by atoms with Crippen LogP contribution in [-0.4, -0.2) is 32.1 Å². The van der Waals surface area contributed by atoms with Gasteiger partial charge in [-0.3, -0.25) is 5.41 Å². The van der Waals surface area contributed by atoms with Crippen LogP contribution in [0.5, 0.6) is 5.75 Å². The van der Waals surface area contributed by atoms with Gasteiger partial charge in [0.1, 0.15) is 11.6 Å². The van der Waals surface area contributed by atoms with E-state index in [9.17, 15) is 13.6 Å². The van der Waals surface area contributed by atoms with Gasteiger partial charge in [0.05, 0.1) is 5.70 Å². The molecular weight excluding hydrogens is 478 g/mol. The molecule has 0 saturated heterocycles. The Morgan fingerprint density at radius 3 is 2.14 bits per heavy atom. The van der Waals surface area contributed by atoms with E-state index in [-0.39, 0.29) is 11.6 Å². The van der Waals surface area contributed by atoms with Gasteiger partial charge < -0.3 is 31.3 Å². The Bertz CT molecular complexity index is 1120. The zero-order valence-electron chi connectivity index (χ0n) is 20.9. The van der Waals surface area contributed by atoms with Crippen LogP contribution in [0.15, 0.2) is 72.1 Å². The van der Waals surface area contributed by atoms with Gasteiger partial charge >= 0.3 is 12.6 Å². The van der Waals surface area contributed by atoms with E-state index in [1.807, 2.05) is 24.1 Å². The number of amides is 2. The van der Waals surface area contributed by atoms with E-state index < -0.39 is 12.6 Å². The second-order valence-corrected chi connectivity index (χ2v) is 8.74. The molecule has 37 heavy (non-hydrogen) atoms. The van der Waals surface area contributed by atoms with Crippen molar-refractivity contribution in [3.8, 4) is 5.75 Å². The molecule has 0 spiro atoms. The highest BCUT2D eigenvalue weighted by Crippen LogP contribution is 2.32. The van der Waals surface area contributed by atoms with Crippen molar-refractivity contribution in [2.75, 3.05) is 29.1 Å². The third kappa shape index (κ3) is 8.04. The maximum Gasteiger partial charge on any atom is 0.387 e. The van der Waals surface area contributed by atoms with Gasteiger partial charge in [-0.25, -0.2) is 4.79 Å². The van der Waals surface area contributed by atoms with Crippen LogP contribution in [0, 0.1) is 5.41 Å². The maximum absolute atomic E-state index is 12.4. The first-order valence-corrected chi connectivity index (χ1v) is 12.2. The molecule has 3 rings (SSSR count). The van der Waals surface area contributed by atoms with Crippen LogP contribution in [0.3, 0.4) is 0 Å². The molecule has 2 aromatic rings. The summed E-state index contributed by atoms with van der Waals surface area (Å²) in [7, 11) is 1.87. The second-order valence-electron chi connectivity index (χ2n) is 8.74. The second kappa shape index (κ2) is 13.4. The average Bonchev–Trinajstić information content (AvgIpc) is 2.85. The number of halogens is 2. The monoisotopic (exact) mass is 512 g/mol. The van der Waals surface area contributed by atoms with Crippen LogP contribution in [0.2, 0.25) is 0 Å². The molecule has 0 atom stereocenters. The zero-order valence-corrected chi connectivity index (χ0v) is 20.9. The molecule has 6 N–H and O–H groups in total. The number of nitrogens with zero attached hydrogens (tertiary/aromatic N) is 1. The number of hydrogen-bond donors (Lipinski definition) is 5. The number of ether oxygens (including phenoxy) is 1. The number of likely N-dealkylation sites (N-methyl/N-ethyl adjacent to an activating group) is 1. The first-order chi connectivity index (χ1) is 17.8. The summed E-state index contributed by atoms with van der Waals surface area (Å²) in [6, 6.07) is 12.4. The molecule has 0 bridgehead atoms. The summed E-state index contributed by atoms with van der Waals surface area (Å²) in [5.41, 5.74) is 10.4. The van der Waals surface area contributed by atoms with E-state index >= 15 is 0 Å². The number of carbonyl (C=O) groups excluding carboxylic acids is 1. The minimum Gasteiger partial charge on any atom is -0.435 e. The van der Waals surface area contributed by atoms with Gasteiger partial charge in [-0.2, -0.15) is 8.78 Å². The maximum atomic E-state index is 12.4. The Hall–Kier alpha value is -3.92. The van der Waals surface area contributed by atoms with Gasteiger partial charge in [-0.15, -0.1) is 0 Å². The number of nitrogens with one attached hydrogen (secondary N) is 4. The molecule has 2 amide bonds. The summed E-state index contributed by atoms with van der Waals surface area (Å²) in [6.45, 7) is 2.01. The summed E-state index contributed by atoms with van der Waals surface area (Å²) in [5, 5.41) is 16.9. The standard InChI is InChI=1S/C27H34F2N6O2/c1-18-7-5-3-4-6-8-19(17-32-2)24(25(30)31)35(18)22-13-9-20(10-14-22)33-27(36)34-21-11-15-23(16-12-21)37-26(28)29/h9-16,26,32H,1,3-8,17H2,2H3,(H3,30,31)(H2,33,34,36)/b24-19+. The number of hydrogen-bond acceptors (Lipinski definition) is 5. The lowest BCUT2D eigenvalue weighted by Crippen LogP contribution is -2.34. The minimum atomic E-state index is -2.91. The van der Waals surface area contributed by atoms with E-state index in [1.165, 1.54) is 24.3 Å². The molecule has 8 nitrogen and oxygen atoms in total. The van der Waals surface area contributed by atoms with Crippen LogP contribution < -0.4 is 31.3 Å². The highest BCUT2D eigenvalue weighted by Gasteiger charge is 2.22. The quantitative estimate of drug-likeness (QED) is 0.219. The van der Waals surface area contributed by atoms with Crippen molar-refractivity contribution < 1.29 is 18.3 Å². The lowest BCUT2D eigenvalue weighted by atomic mass is 9.99. The van der Waals surface area contributed by atoms with Crippen LogP contribution >= 0.6 is 0 Å². The summed E-state index contributed by atoms with van der Waals surface area (Å²) >= 11 is 0. The molecule has 0 aromatic heterocycles. The molecule has 1 heterocycles. The molecule has 0 aliphatic carbocycles. The van der Waals surface area contributed by atoms with E-state index in [0.717, 1.165) is 55.5 Å².